The van der Waals surface area contributed by atoms with Gasteiger partial charge in [0.05, 0.1) is 0 Å². The Labute approximate surface area is 88.1 Å². The molecule has 76 valence electrons. The highest BCUT2D eigenvalue weighted by Crippen LogP contribution is 2.16. The van der Waals surface area contributed by atoms with Crippen molar-refractivity contribution in [2.45, 2.75) is 27.7 Å². The van der Waals surface area contributed by atoms with Gasteiger partial charge in [-0.25, -0.2) is 0 Å². The van der Waals surface area contributed by atoms with Gasteiger partial charge >= 0.3 is 0 Å². The Bertz CT molecular complexity index is 377. The minimum Gasteiger partial charge on any atom is -0.0683 e. The summed E-state index contributed by atoms with van der Waals surface area (Å²) in [6.07, 6.45) is 0. The van der Waals surface area contributed by atoms with Crippen LogP contribution in [0.25, 0.3) is 10.8 Å². The summed E-state index contributed by atoms with van der Waals surface area (Å²) in [5.74, 6) is 0. The van der Waals surface area contributed by atoms with E-state index in [9.17, 15) is 0 Å². The van der Waals surface area contributed by atoms with Crippen molar-refractivity contribution < 1.29 is 1.43 Å². The Hall–Kier alpha value is -1.30. The Morgan fingerprint density at radius 2 is 1.07 bits per heavy atom. The molecule has 0 aliphatic carbocycles. The fraction of sp³-hybridized carbons (Fsp3) is 0.286. The molecule has 14 heavy (non-hydrogen) atoms. The van der Waals surface area contributed by atoms with Crippen LogP contribution in [0.4, 0.5) is 0 Å². The molecule has 0 heteroatoms. The molecule has 2 aromatic carbocycles. The Balaban J connectivity index is 0.000000617. The summed E-state index contributed by atoms with van der Waals surface area (Å²) in [6, 6.07) is 13.1. The van der Waals surface area contributed by atoms with Gasteiger partial charge in [-0.3, -0.25) is 0 Å². The minimum absolute atomic E-state index is 0. The molecule has 0 saturated heterocycles. The molecule has 0 aromatic heterocycles. The molecule has 0 bridgehead atoms. The largest absolute Gasteiger partial charge is 0.0683 e. The molecule has 0 amide bonds. The molecule has 0 nitrogen and oxygen atoms in total. The van der Waals surface area contributed by atoms with E-state index in [0.29, 0.717) is 0 Å². The van der Waals surface area contributed by atoms with Crippen molar-refractivity contribution in [2.75, 3.05) is 0 Å². The van der Waals surface area contributed by atoms with Crippen LogP contribution >= 0.6 is 0 Å². The van der Waals surface area contributed by atoms with Gasteiger partial charge < -0.3 is 0 Å². The van der Waals surface area contributed by atoms with E-state index in [0.717, 1.165) is 0 Å². The molecule has 0 spiro atoms. The van der Waals surface area contributed by atoms with Crippen LogP contribution in [0.2, 0.25) is 0 Å². The number of aryl methyl sites for hydroxylation is 2. The molecule has 2 rings (SSSR count). The molecular weight excluding hydrogens is 168 g/mol. The number of rotatable bonds is 0. The minimum atomic E-state index is 0. The van der Waals surface area contributed by atoms with Gasteiger partial charge in [-0.2, -0.15) is 0 Å². The standard InChI is InChI=1S/C12H12.C2H6.H2/c1-9-3-5-12-8-10(2)4-6-11(12)7-9;1-2;/h3-8H,1-2H3;1-2H3;1H. The van der Waals surface area contributed by atoms with E-state index in [-0.39, 0.29) is 1.43 Å². The maximum absolute atomic E-state index is 2.22. The second kappa shape index (κ2) is 4.80. The van der Waals surface area contributed by atoms with E-state index < -0.39 is 0 Å². The first kappa shape index (κ1) is 10.8. The third-order valence-electron chi connectivity index (χ3n) is 2.15. The van der Waals surface area contributed by atoms with Crippen LogP contribution in [0.15, 0.2) is 36.4 Å². The summed E-state index contributed by atoms with van der Waals surface area (Å²) in [7, 11) is 0. The Morgan fingerprint density at radius 1 is 0.714 bits per heavy atom. The highest BCUT2D eigenvalue weighted by atomic mass is 14.0. The molecule has 0 heterocycles. The Kier molecular flexibility index (Phi) is 3.70. The van der Waals surface area contributed by atoms with E-state index in [1.165, 1.54) is 21.9 Å². The zero-order valence-corrected chi connectivity index (χ0v) is 9.46. The van der Waals surface area contributed by atoms with Gasteiger partial charge in [0, 0.05) is 1.43 Å². The zero-order chi connectivity index (χ0) is 10.6. The van der Waals surface area contributed by atoms with Gasteiger partial charge in [0.1, 0.15) is 0 Å². The quantitative estimate of drug-likeness (QED) is 0.560. The molecule has 2 aromatic rings. The van der Waals surface area contributed by atoms with Crippen LogP contribution in [-0.2, 0) is 0 Å². The molecular formula is C14H20. The van der Waals surface area contributed by atoms with E-state index in [2.05, 4.69) is 50.2 Å². The lowest BCUT2D eigenvalue weighted by molar-refractivity contribution is 1.47. The normalized spacial score (nSPS) is 9.43. The highest BCUT2D eigenvalue weighted by Gasteiger charge is 1.92. The summed E-state index contributed by atoms with van der Waals surface area (Å²) < 4.78 is 0. The van der Waals surface area contributed by atoms with E-state index in [4.69, 9.17) is 0 Å². The number of hydrogen-bond donors (Lipinski definition) is 0. The molecule has 0 aliphatic heterocycles. The molecule has 0 unspecified atom stereocenters. The summed E-state index contributed by atoms with van der Waals surface area (Å²) in [5, 5.41) is 2.67. The predicted octanol–water partition coefficient (Wildman–Crippen LogP) is 4.73. The van der Waals surface area contributed by atoms with Gasteiger partial charge in [0.15, 0.2) is 0 Å². The molecule has 0 aliphatic rings. The summed E-state index contributed by atoms with van der Waals surface area (Å²) in [6.45, 7) is 8.25. The van der Waals surface area contributed by atoms with Crippen molar-refractivity contribution in [3.8, 4) is 0 Å². The third-order valence-corrected chi connectivity index (χ3v) is 2.15. The van der Waals surface area contributed by atoms with Crippen molar-refractivity contribution >= 4 is 10.8 Å². The van der Waals surface area contributed by atoms with Crippen molar-refractivity contribution in [1.82, 2.24) is 0 Å². The highest BCUT2D eigenvalue weighted by molar-refractivity contribution is 5.83. The van der Waals surface area contributed by atoms with Crippen LogP contribution < -0.4 is 0 Å². The first-order valence-electron chi connectivity index (χ1n) is 5.23. The second-order valence-corrected chi connectivity index (χ2v) is 3.35. The van der Waals surface area contributed by atoms with Crippen LogP contribution in [0.3, 0.4) is 0 Å². The van der Waals surface area contributed by atoms with Crippen LogP contribution in [-0.4, -0.2) is 0 Å². The number of hydrogen-bond acceptors (Lipinski definition) is 0. The zero-order valence-electron chi connectivity index (χ0n) is 9.46. The van der Waals surface area contributed by atoms with E-state index in [1.54, 1.807) is 0 Å². The van der Waals surface area contributed by atoms with E-state index in [1.807, 2.05) is 13.8 Å². The van der Waals surface area contributed by atoms with Gasteiger partial charge in [-0.15, -0.1) is 0 Å². The summed E-state index contributed by atoms with van der Waals surface area (Å²) in [5.41, 5.74) is 2.65. The van der Waals surface area contributed by atoms with E-state index >= 15 is 0 Å². The van der Waals surface area contributed by atoms with Crippen LogP contribution in [0.5, 0.6) is 0 Å². The lowest BCUT2D eigenvalue weighted by Gasteiger charge is -1.99. The van der Waals surface area contributed by atoms with Crippen molar-refractivity contribution in [2.24, 2.45) is 0 Å². The van der Waals surface area contributed by atoms with Gasteiger partial charge in [0.25, 0.3) is 0 Å². The maximum Gasteiger partial charge on any atom is 0 e. The fourth-order valence-corrected chi connectivity index (χ4v) is 1.48. The molecule has 0 atom stereocenters. The topological polar surface area (TPSA) is 0 Å². The smallest absolute Gasteiger partial charge is 0 e. The lowest BCUT2D eigenvalue weighted by atomic mass is 10.1. The predicted molar refractivity (Wildman–Crippen MR) is 66.9 cm³/mol. The number of benzene rings is 2. The third kappa shape index (κ3) is 2.35. The summed E-state index contributed by atoms with van der Waals surface area (Å²) in [4.78, 5) is 0. The van der Waals surface area contributed by atoms with Crippen LogP contribution in [0, 0.1) is 13.8 Å². The SMILES string of the molecule is CC.Cc1ccc2cc(C)ccc2c1.[HH]. The summed E-state index contributed by atoms with van der Waals surface area (Å²) >= 11 is 0. The Morgan fingerprint density at radius 3 is 1.43 bits per heavy atom. The maximum atomic E-state index is 2.22. The monoisotopic (exact) mass is 188 g/mol. The second-order valence-electron chi connectivity index (χ2n) is 3.35. The number of fused-ring (bicyclic) bond motifs is 1. The van der Waals surface area contributed by atoms with Crippen LogP contribution in [0.1, 0.15) is 26.4 Å². The van der Waals surface area contributed by atoms with Gasteiger partial charge in [-0.1, -0.05) is 61.4 Å². The lowest BCUT2D eigenvalue weighted by Crippen LogP contribution is -1.76. The molecule has 0 radical (unpaired) electrons. The van der Waals surface area contributed by atoms with Crippen molar-refractivity contribution in [3.63, 3.8) is 0 Å². The van der Waals surface area contributed by atoms with Gasteiger partial charge in [-0.05, 0) is 24.6 Å². The first-order valence-corrected chi connectivity index (χ1v) is 5.23. The molecule has 0 saturated carbocycles. The van der Waals surface area contributed by atoms with Crippen molar-refractivity contribution in [1.29, 1.82) is 0 Å². The van der Waals surface area contributed by atoms with Crippen molar-refractivity contribution in [3.05, 3.63) is 47.5 Å². The molecule has 0 fully saturated rings. The van der Waals surface area contributed by atoms with Gasteiger partial charge in [0.2, 0.25) is 0 Å². The average Bonchev–Trinajstić information content (AvgIpc) is 2.21. The fourth-order valence-electron chi connectivity index (χ4n) is 1.48. The first-order chi connectivity index (χ1) is 6.75. The molecule has 0 N–H and O–H groups in total. The average molecular weight is 188 g/mol.